The fourth-order valence-electron chi connectivity index (χ4n) is 1.20. The highest BCUT2D eigenvalue weighted by atomic mass is 79.9. The highest BCUT2D eigenvalue weighted by Gasteiger charge is 2.04. The molecule has 0 spiro atoms. The summed E-state index contributed by atoms with van der Waals surface area (Å²) in [6.07, 6.45) is 0. The van der Waals surface area contributed by atoms with Crippen LogP contribution in [0.5, 0.6) is 0 Å². The van der Waals surface area contributed by atoms with Crippen LogP contribution in [0.1, 0.15) is 5.82 Å². The Morgan fingerprint density at radius 2 is 2.14 bits per heavy atom. The summed E-state index contributed by atoms with van der Waals surface area (Å²) in [5.41, 5.74) is 6.26. The van der Waals surface area contributed by atoms with Gasteiger partial charge in [0.1, 0.15) is 11.0 Å². The Morgan fingerprint density at radius 3 is 2.86 bits per heavy atom. The Hall–Kier alpha value is -0.710. The quantitative estimate of drug-likeness (QED) is 0.812. The summed E-state index contributed by atoms with van der Waals surface area (Å²) in [5, 5.41) is 1.29. The molecule has 14 heavy (non-hydrogen) atoms. The van der Waals surface area contributed by atoms with Crippen LogP contribution in [0.2, 0.25) is 5.15 Å². The second-order valence-electron chi connectivity index (χ2n) is 2.80. The first-order valence-corrected chi connectivity index (χ1v) is 5.19. The van der Waals surface area contributed by atoms with Gasteiger partial charge in [0.05, 0.1) is 12.1 Å². The van der Waals surface area contributed by atoms with E-state index in [2.05, 4.69) is 25.9 Å². The van der Waals surface area contributed by atoms with Gasteiger partial charge in [0.2, 0.25) is 0 Å². The maximum atomic E-state index is 5.97. The zero-order valence-corrected chi connectivity index (χ0v) is 9.51. The lowest BCUT2D eigenvalue weighted by Gasteiger charge is -2.02. The Labute approximate surface area is 94.4 Å². The first-order valence-electron chi connectivity index (χ1n) is 4.02. The smallest absolute Gasteiger partial charge is 0.144 e. The number of nitrogens with zero attached hydrogens (tertiary/aromatic N) is 2. The molecule has 2 rings (SSSR count). The molecule has 2 N–H and O–H groups in total. The van der Waals surface area contributed by atoms with E-state index in [1.165, 1.54) is 0 Å². The van der Waals surface area contributed by atoms with Crippen molar-refractivity contribution in [1.82, 2.24) is 9.97 Å². The minimum atomic E-state index is 0.294. The maximum absolute atomic E-state index is 5.97. The first-order chi connectivity index (χ1) is 6.70. The van der Waals surface area contributed by atoms with E-state index in [1.807, 2.05) is 18.2 Å². The molecule has 0 aliphatic rings. The van der Waals surface area contributed by atoms with E-state index >= 15 is 0 Å². The van der Waals surface area contributed by atoms with Gasteiger partial charge in [0.25, 0.3) is 0 Å². The lowest BCUT2D eigenvalue weighted by molar-refractivity contribution is 0.927. The Kier molecular flexibility index (Phi) is 2.67. The molecule has 0 aliphatic heterocycles. The molecule has 3 nitrogen and oxygen atoms in total. The number of rotatable bonds is 1. The van der Waals surface area contributed by atoms with Crippen LogP contribution in [0.15, 0.2) is 22.7 Å². The Morgan fingerprint density at radius 1 is 1.36 bits per heavy atom. The van der Waals surface area contributed by atoms with Gasteiger partial charge < -0.3 is 5.73 Å². The van der Waals surface area contributed by atoms with Crippen molar-refractivity contribution in [3.63, 3.8) is 0 Å². The first kappa shape index (κ1) is 9.83. The van der Waals surface area contributed by atoms with Crippen LogP contribution < -0.4 is 5.73 Å². The monoisotopic (exact) mass is 271 g/mol. The standard InChI is InChI=1S/C9H7BrClN3/c10-5-1-2-6-7(3-5)13-8(4-12)14-9(6)11/h1-3H,4,12H2. The van der Waals surface area contributed by atoms with Crippen molar-refractivity contribution >= 4 is 38.4 Å². The van der Waals surface area contributed by atoms with E-state index in [-0.39, 0.29) is 0 Å². The third-order valence-corrected chi connectivity index (χ3v) is 2.62. The van der Waals surface area contributed by atoms with Crippen LogP contribution in [0, 0.1) is 0 Å². The van der Waals surface area contributed by atoms with Gasteiger partial charge in [-0.05, 0) is 18.2 Å². The van der Waals surface area contributed by atoms with Gasteiger partial charge in [-0.3, -0.25) is 0 Å². The van der Waals surface area contributed by atoms with E-state index in [4.69, 9.17) is 17.3 Å². The van der Waals surface area contributed by atoms with Gasteiger partial charge in [-0.1, -0.05) is 27.5 Å². The summed E-state index contributed by atoms with van der Waals surface area (Å²) >= 11 is 9.34. The molecule has 1 aromatic heterocycles. The molecule has 0 aliphatic carbocycles. The van der Waals surface area contributed by atoms with Crippen LogP contribution in [-0.4, -0.2) is 9.97 Å². The summed E-state index contributed by atoms with van der Waals surface area (Å²) in [6, 6.07) is 5.67. The molecule has 0 atom stereocenters. The average Bonchev–Trinajstić information content (AvgIpc) is 2.16. The minimum absolute atomic E-state index is 0.294. The molecule has 72 valence electrons. The van der Waals surface area contributed by atoms with Crippen LogP contribution in [-0.2, 0) is 6.54 Å². The van der Waals surface area contributed by atoms with Crippen LogP contribution in [0.4, 0.5) is 0 Å². The second-order valence-corrected chi connectivity index (χ2v) is 4.07. The van der Waals surface area contributed by atoms with Crippen molar-refractivity contribution in [2.75, 3.05) is 0 Å². The lowest BCUT2D eigenvalue weighted by atomic mass is 10.2. The number of fused-ring (bicyclic) bond motifs is 1. The van der Waals surface area contributed by atoms with Crippen molar-refractivity contribution in [3.05, 3.63) is 33.6 Å². The molecule has 1 heterocycles. The van der Waals surface area contributed by atoms with Crippen molar-refractivity contribution < 1.29 is 0 Å². The summed E-state index contributed by atoms with van der Waals surface area (Å²) < 4.78 is 0.961. The maximum Gasteiger partial charge on any atom is 0.144 e. The van der Waals surface area contributed by atoms with E-state index < -0.39 is 0 Å². The van der Waals surface area contributed by atoms with Crippen molar-refractivity contribution in [2.45, 2.75) is 6.54 Å². The van der Waals surface area contributed by atoms with Crippen LogP contribution in [0.25, 0.3) is 10.9 Å². The molecule has 0 radical (unpaired) electrons. The van der Waals surface area contributed by atoms with Gasteiger partial charge >= 0.3 is 0 Å². The number of hydrogen-bond donors (Lipinski definition) is 1. The number of aromatic nitrogens is 2. The van der Waals surface area contributed by atoms with Crippen molar-refractivity contribution in [3.8, 4) is 0 Å². The fourth-order valence-corrected chi connectivity index (χ4v) is 1.81. The second kappa shape index (κ2) is 3.81. The van der Waals surface area contributed by atoms with E-state index in [0.717, 1.165) is 15.4 Å². The molecule has 0 amide bonds. The van der Waals surface area contributed by atoms with Crippen molar-refractivity contribution in [2.24, 2.45) is 5.73 Å². The van der Waals surface area contributed by atoms with E-state index in [1.54, 1.807) is 0 Å². The van der Waals surface area contributed by atoms with Gasteiger partial charge in [0.15, 0.2) is 0 Å². The normalized spacial score (nSPS) is 10.8. The highest BCUT2D eigenvalue weighted by molar-refractivity contribution is 9.10. The third kappa shape index (κ3) is 1.73. The van der Waals surface area contributed by atoms with Crippen molar-refractivity contribution in [1.29, 1.82) is 0 Å². The molecule has 0 saturated heterocycles. The molecule has 2 aromatic rings. The van der Waals surface area contributed by atoms with Gasteiger partial charge in [-0.25, -0.2) is 9.97 Å². The Bertz CT molecular complexity index is 487. The Balaban J connectivity index is 2.77. The molecule has 1 aromatic carbocycles. The number of nitrogens with two attached hydrogens (primary N) is 1. The molecule has 0 fully saturated rings. The van der Waals surface area contributed by atoms with Gasteiger partial charge in [-0.2, -0.15) is 0 Å². The minimum Gasteiger partial charge on any atom is -0.324 e. The highest BCUT2D eigenvalue weighted by Crippen LogP contribution is 2.23. The lowest BCUT2D eigenvalue weighted by Crippen LogP contribution is -2.03. The van der Waals surface area contributed by atoms with E-state index in [9.17, 15) is 0 Å². The number of hydrogen-bond acceptors (Lipinski definition) is 3. The average molecular weight is 273 g/mol. The summed E-state index contributed by atoms with van der Waals surface area (Å²) in [6.45, 7) is 0.294. The SMILES string of the molecule is NCc1nc(Cl)c2ccc(Br)cc2n1. The molecular formula is C9H7BrClN3. The predicted octanol–water partition coefficient (Wildman–Crippen LogP) is 2.50. The van der Waals surface area contributed by atoms with Crippen LogP contribution in [0.3, 0.4) is 0 Å². The van der Waals surface area contributed by atoms with Gasteiger partial charge in [0, 0.05) is 9.86 Å². The molecule has 0 bridgehead atoms. The molecular weight excluding hydrogens is 265 g/mol. The summed E-state index contributed by atoms with van der Waals surface area (Å²) in [4.78, 5) is 8.33. The number of halogens is 2. The fraction of sp³-hybridized carbons (Fsp3) is 0.111. The molecule has 5 heteroatoms. The zero-order chi connectivity index (χ0) is 10.1. The van der Waals surface area contributed by atoms with E-state index in [0.29, 0.717) is 17.5 Å². The zero-order valence-electron chi connectivity index (χ0n) is 7.17. The van der Waals surface area contributed by atoms with Crippen LogP contribution >= 0.6 is 27.5 Å². The molecule has 0 unspecified atom stereocenters. The summed E-state index contributed by atoms with van der Waals surface area (Å²) in [7, 11) is 0. The third-order valence-electron chi connectivity index (χ3n) is 1.84. The van der Waals surface area contributed by atoms with Gasteiger partial charge in [-0.15, -0.1) is 0 Å². The molecule has 0 saturated carbocycles. The largest absolute Gasteiger partial charge is 0.324 e. The predicted molar refractivity (Wildman–Crippen MR) is 60.1 cm³/mol. The topological polar surface area (TPSA) is 51.8 Å². The summed E-state index contributed by atoms with van der Waals surface area (Å²) in [5.74, 6) is 0.556. The number of benzene rings is 1.